The average molecular weight is 404 g/mol. The highest BCUT2D eigenvalue weighted by molar-refractivity contribution is 5.99. The first-order chi connectivity index (χ1) is 13.9. The Morgan fingerprint density at radius 3 is 2.69 bits per heavy atom. The lowest BCUT2D eigenvalue weighted by atomic mass is 10.3. The van der Waals surface area contributed by atoms with E-state index < -0.39 is 29.8 Å². The molecule has 4 amide bonds. The molecule has 3 rings (SSSR count). The molecule has 1 unspecified atom stereocenters. The molecule has 1 atom stereocenters. The van der Waals surface area contributed by atoms with E-state index in [9.17, 15) is 18.8 Å². The van der Waals surface area contributed by atoms with Crippen LogP contribution >= 0.6 is 0 Å². The predicted octanol–water partition coefficient (Wildman–Crippen LogP) is 0.513. The van der Waals surface area contributed by atoms with Crippen LogP contribution in [0.1, 0.15) is 16.2 Å². The van der Waals surface area contributed by atoms with Crippen LogP contribution in [0.25, 0.3) is 0 Å². The molecular formula is C18H21FN6O4. The molecule has 29 heavy (non-hydrogen) atoms. The van der Waals surface area contributed by atoms with Gasteiger partial charge < -0.3 is 25.8 Å². The van der Waals surface area contributed by atoms with Crippen molar-refractivity contribution < 1.29 is 23.3 Å². The summed E-state index contributed by atoms with van der Waals surface area (Å²) in [5.74, 6) is -1.18. The van der Waals surface area contributed by atoms with Gasteiger partial charge in [-0.05, 0) is 25.1 Å². The average Bonchev–Trinajstić information content (AvgIpc) is 3.32. The molecule has 2 heterocycles. The van der Waals surface area contributed by atoms with Gasteiger partial charge in [0.2, 0.25) is 0 Å². The predicted molar refractivity (Wildman–Crippen MR) is 100 cm³/mol. The first-order valence-corrected chi connectivity index (χ1v) is 8.96. The van der Waals surface area contributed by atoms with Gasteiger partial charge in [0.1, 0.15) is 11.6 Å². The number of benzene rings is 1. The van der Waals surface area contributed by atoms with Gasteiger partial charge in [-0.3, -0.25) is 14.5 Å². The van der Waals surface area contributed by atoms with Crippen LogP contribution in [0.5, 0.6) is 0 Å². The Bertz CT molecular complexity index is 917. The molecule has 1 aliphatic heterocycles. The molecule has 0 radical (unpaired) electrons. The minimum absolute atomic E-state index is 0.0338. The smallest absolute Gasteiger partial charge is 0.323 e. The van der Waals surface area contributed by atoms with Gasteiger partial charge in [0.15, 0.2) is 11.9 Å². The summed E-state index contributed by atoms with van der Waals surface area (Å²) in [5.41, 5.74) is 5.69. The van der Waals surface area contributed by atoms with Crippen LogP contribution in [0, 0.1) is 12.7 Å². The molecule has 2 aromatic rings. The van der Waals surface area contributed by atoms with Gasteiger partial charge in [-0.1, -0.05) is 11.2 Å². The summed E-state index contributed by atoms with van der Waals surface area (Å²) in [6, 6.07) is 6.17. The second-order valence-electron chi connectivity index (χ2n) is 6.41. The number of rotatable bonds is 5. The third-order valence-corrected chi connectivity index (χ3v) is 4.30. The highest BCUT2D eigenvalue weighted by atomic mass is 19.1. The summed E-state index contributed by atoms with van der Waals surface area (Å²) < 4.78 is 18.3. The number of nitrogens with one attached hydrogen (secondary N) is 2. The maximum atomic E-state index is 13.4. The Labute approximate surface area is 165 Å². The number of anilines is 1. The van der Waals surface area contributed by atoms with Crippen LogP contribution in [0.3, 0.4) is 0 Å². The number of carbonyl (C=O) groups excluding carboxylic acids is 3. The van der Waals surface area contributed by atoms with Crippen molar-refractivity contribution in [3.8, 4) is 0 Å². The fourth-order valence-corrected chi connectivity index (χ4v) is 3.00. The van der Waals surface area contributed by atoms with Crippen LogP contribution in [0.4, 0.5) is 14.9 Å². The minimum Gasteiger partial charge on any atom is -0.361 e. The van der Waals surface area contributed by atoms with Crippen molar-refractivity contribution in [1.29, 1.82) is 0 Å². The Morgan fingerprint density at radius 2 is 2.03 bits per heavy atom. The molecule has 10 nitrogen and oxygen atoms in total. The largest absolute Gasteiger partial charge is 0.361 e. The van der Waals surface area contributed by atoms with Crippen molar-refractivity contribution in [2.75, 3.05) is 31.5 Å². The summed E-state index contributed by atoms with van der Waals surface area (Å²) in [5, 5.41) is 8.81. The van der Waals surface area contributed by atoms with Crippen LogP contribution in [0.15, 0.2) is 34.9 Å². The zero-order chi connectivity index (χ0) is 21.0. The number of nitrogens with two attached hydrogens (primary N) is 1. The SMILES string of the molecule is Cc1cc(C(=O)N2CCN(C(=O)Nc3cccc(F)c3)C2C(=O)NCCN)no1. The number of nitrogens with zero attached hydrogens (tertiary/aromatic N) is 3. The third-order valence-electron chi connectivity index (χ3n) is 4.30. The lowest BCUT2D eigenvalue weighted by Gasteiger charge is -2.28. The number of amides is 4. The fraction of sp³-hybridized carbons (Fsp3) is 0.333. The highest BCUT2D eigenvalue weighted by Crippen LogP contribution is 2.20. The number of hydrogen-bond acceptors (Lipinski definition) is 6. The van der Waals surface area contributed by atoms with E-state index in [0.29, 0.717) is 5.76 Å². The quantitative estimate of drug-likeness (QED) is 0.665. The second-order valence-corrected chi connectivity index (χ2v) is 6.41. The summed E-state index contributed by atoms with van der Waals surface area (Å²) in [6.07, 6.45) is -1.21. The fourth-order valence-electron chi connectivity index (χ4n) is 3.00. The molecule has 1 saturated heterocycles. The molecule has 0 bridgehead atoms. The summed E-state index contributed by atoms with van der Waals surface area (Å²) in [6.45, 7) is 2.23. The lowest BCUT2D eigenvalue weighted by Crippen LogP contribution is -2.55. The molecule has 11 heteroatoms. The second kappa shape index (κ2) is 8.69. The zero-order valence-electron chi connectivity index (χ0n) is 15.7. The molecule has 154 valence electrons. The van der Waals surface area contributed by atoms with Gasteiger partial charge in [0.25, 0.3) is 11.8 Å². The number of urea groups is 1. The van der Waals surface area contributed by atoms with Gasteiger partial charge in [-0.25, -0.2) is 9.18 Å². The van der Waals surface area contributed by atoms with Crippen molar-refractivity contribution in [3.63, 3.8) is 0 Å². The topological polar surface area (TPSA) is 134 Å². The number of carbonyl (C=O) groups is 3. The Kier molecular flexibility index (Phi) is 6.07. The molecule has 0 aliphatic carbocycles. The van der Waals surface area contributed by atoms with E-state index in [1.807, 2.05) is 0 Å². The maximum Gasteiger partial charge on any atom is 0.323 e. The molecule has 0 saturated carbocycles. The molecule has 1 aromatic carbocycles. The normalized spacial score (nSPS) is 16.0. The van der Waals surface area contributed by atoms with Crippen LogP contribution in [-0.2, 0) is 4.79 Å². The highest BCUT2D eigenvalue weighted by Gasteiger charge is 2.43. The van der Waals surface area contributed by atoms with Crippen LogP contribution < -0.4 is 16.4 Å². The van der Waals surface area contributed by atoms with E-state index in [2.05, 4.69) is 15.8 Å². The Morgan fingerprint density at radius 1 is 1.28 bits per heavy atom. The van der Waals surface area contributed by atoms with E-state index in [1.54, 1.807) is 6.92 Å². The van der Waals surface area contributed by atoms with Crippen molar-refractivity contribution in [3.05, 3.63) is 47.6 Å². The van der Waals surface area contributed by atoms with E-state index in [1.165, 1.54) is 34.1 Å². The van der Waals surface area contributed by atoms with Crippen LogP contribution in [-0.4, -0.2) is 65.1 Å². The first-order valence-electron chi connectivity index (χ1n) is 8.96. The van der Waals surface area contributed by atoms with E-state index in [-0.39, 0.29) is 37.6 Å². The molecule has 1 aromatic heterocycles. The van der Waals surface area contributed by atoms with Gasteiger partial charge in [0, 0.05) is 37.9 Å². The summed E-state index contributed by atoms with van der Waals surface area (Å²) >= 11 is 0. The van der Waals surface area contributed by atoms with Crippen molar-refractivity contribution in [2.45, 2.75) is 13.1 Å². The van der Waals surface area contributed by atoms with Gasteiger partial charge in [-0.15, -0.1) is 0 Å². The number of aromatic nitrogens is 1. The third kappa shape index (κ3) is 4.51. The summed E-state index contributed by atoms with van der Waals surface area (Å²) in [7, 11) is 0. The van der Waals surface area contributed by atoms with Crippen molar-refractivity contribution in [1.82, 2.24) is 20.3 Å². The van der Waals surface area contributed by atoms with Crippen molar-refractivity contribution >= 4 is 23.5 Å². The molecule has 4 N–H and O–H groups in total. The molecular weight excluding hydrogens is 383 g/mol. The van der Waals surface area contributed by atoms with E-state index in [0.717, 1.165) is 6.07 Å². The molecule has 1 fully saturated rings. The van der Waals surface area contributed by atoms with E-state index in [4.69, 9.17) is 10.3 Å². The first kappa shape index (κ1) is 20.3. The Balaban J connectivity index is 1.82. The zero-order valence-corrected chi connectivity index (χ0v) is 15.7. The summed E-state index contributed by atoms with van der Waals surface area (Å²) in [4.78, 5) is 40.7. The number of aryl methyl sites for hydroxylation is 1. The standard InChI is InChI=1S/C18H21FN6O4/c1-11-9-14(23-29-11)17(27)24-7-8-25(16(24)15(26)21-6-5-20)18(28)22-13-4-2-3-12(19)10-13/h2-4,9-10,16H,5-8,20H2,1H3,(H,21,26)(H,22,28). The van der Waals surface area contributed by atoms with Crippen LogP contribution in [0.2, 0.25) is 0 Å². The number of halogens is 1. The van der Waals surface area contributed by atoms with Gasteiger partial charge in [0.05, 0.1) is 0 Å². The number of hydrogen-bond donors (Lipinski definition) is 3. The monoisotopic (exact) mass is 404 g/mol. The Hall–Kier alpha value is -3.47. The minimum atomic E-state index is -1.21. The van der Waals surface area contributed by atoms with Crippen molar-refractivity contribution in [2.24, 2.45) is 5.73 Å². The lowest BCUT2D eigenvalue weighted by molar-refractivity contribution is -0.127. The van der Waals surface area contributed by atoms with Gasteiger partial charge in [-0.2, -0.15) is 0 Å². The van der Waals surface area contributed by atoms with Gasteiger partial charge >= 0.3 is 6.03 Å². The van der Waals surface area contributed by atoms with E-state index >= 15 is 0 Å². The molecule has 0 spiro atoms. The molecule has 1 aliphatic rings. The maximum absolute atomic E-state index is 13.4.